The van der Waals surface area contributed by atoms with E-state index in [0.717, 1.165) is 37.5 Å². The van der Waals surface area contributed by atoms with Gasteiger partial charge in [-0.15, -0.1) is 0 Å². The van der Waals surface area contributed by atoms with E-state index in [2.05, 4.69) is 22.3 Å². The number of rotatable bonds is 8. The first-order valence-electron chi connectivity index (χ1n) is 9.88. The molecule has 1 atom stereocenters. The number of piperazine rings is 1. The lowest BCUT2D eigenvalue weighted by atomic mass is 10.1. The number of amides is 2. The van der Waals surface area contributed by atoms with Crippen LogP contribution in [0.1, 0.15) is 29.9 Å². The van der Waals surface area contributed by atoms with Gasteiger partial charge in [-0.25, -0.2) is 0 Å². The van der Waals surface area contributed by atoms with E-state index in [1.165, 1.54) is 5.56 Å². The molecular weight excluding hydrogens is 354 g/mol. The summed E-state index contributed by atoms with van der Waals surface area (Å²) in [5.41, 5.74) is 1.30. The lowest BCUT2D eigenvalue weighted by molar-refractivity contribution is -0.138. The molecule has 0 spiro atoms. The summed E-state index contributed by atoms with van der Waals surface area (Å²) in [6, 6.07) is 13.7. The molecule has 0 unspecified atom stereocenters. The Morgan fingerprint density at radius 3 is 2.75 bits per heavy atom. The maximum Gasteiger partial charge on any atom is 0.237 e. The van der Waals surface area contributed by atoms with Crippen LogP contribution in [0.5, 0.6) is 0 Å². The van der Waals surface area contributed by atoms with Crippen molar-refractivity contribution in [1.82, 2.24) is 15.1 Å². The van der Waals surface area contributed by atoms with Gasteiger partial charge >= 0.3 is 0 Å². The maximum atomic E-state index is 12.7. The molecule has 1 aromatic heterocycles. The van der Waals surface area contributed by atoms with Crippen molar-refractivity contribution in [3.05, 3.63) is 59.5 Å². The Morgan fingerprint density at radius 2 is 2.04 bits per heavy atom. The highest BCUT2D eigenvalue weighted by Crippen LogP contribution is 2.14. The van der Waals surface area contributed by atoms with Gasteiger partial charge in [-0.3, -0.25) is 14.5 Å². The van der Waals surface area contributed by atoms with E-state index in [4.69, 9.17) is 4.42 Å². The van der Waals surface area contributed by atoms with Crippen LogP contribution in [0.15, 0.2) is 46.9 Å². The van der Waals surface area contributed by atoms with E-state index in [-0.39, 0.29) is 18.2 Å². The highest BCUT2D eigenvalue weighted by Gasteiger charge is 2.32. The minimum absolute atomic E-state index is 0.0517. The number of hydrogen-bond donors (Lipinski definition) is 1. The Kier molecular flexibility index (Phi) is 6.87. The molecule has 6 heteroatoms. The van der Waals surface area contributed by atoms with Crippen LogP contribution < -0.4 is 5.32 Å². The van der Waals surface area contributed by atoms with Gasteiger partial charge in [0.15, 0.2) is 0 Å². The van der Waals surface area contributed by atoms with Crippen LogP contribution in [0.2, 0.25) is 0 Å². The molecule has 2 heterocycles. The molecule has 2 amide bonds. The number of furan rings is 1. The smallest absolute Gasteiger partial charge is 0.237 e. The summed E-state index contributed by atoms with van der Waals surface area (Å²) in [5, 5.41) is 2.90. The summed E-state index contributed by atoms with van der Waals surface area (Å²) in [5.74, 6) is 1.47. The molecule has 1 fully saturated rings. The van der Waals surface area contributed by atoms with Gasteiger partial charge in [0.1, 0.15) is 11.5 Å². The van der Waals surface area contributed by atoms with E-state index in [9.17, 15) is 9.59 Å². The van der Waals surface area contributed by atoms with Gasteiger partial charge in [0.25, 0.3) is 0 Å². The van der Waals surface area contributed by atoms with Crippen LogP contribution in [0, 0.1) is 6.92 Å². The molecule has 1 aliphatic heterocycles. The number of nitrogens with one attached hydrogen (secondary N) is 1. The Hall–Kier alpha value is -2.60. The molecular formula is C22H29N3O3. The average Bonchev–Trinajstić information content (AvgIpc) is 3.09. The molecule has 1 aliphatic rings. The standard InChI is InChI=1S/C22H29N3O3/c1-17-10-11-19(28-17)16-24(2)21(26)15-20-22(27)23-12-14-25(20)13-6-9-18-7-4-3-5-8-18/h3-5,7-8,10-11,20H,6,9,12-16H2,1-2H3,(H,23,27)/t20-/m0/s1. The first-order valence-corrected chi connectivity index (χ1v) is 9.88. The molecule has 28 heavy (non-hydrogen) atoms. The average molecular weight is 383 g/mol. The molecule has 1 aromatic carbocycles. The predicted octanol–water partition coefficient (Wildman–Crippen LogP) is 2.37. The fourth-order valence-electron chi connectivity index (χ4n) is 3.60. The Morgan fingerprint density at radius 1 is 1.25 bits per heavy atom. The minimum atomic E-state index is -0.405. The van der Waals surface area contributed by atoms with Crippen molar-refractivity contribution >= 4 is 11.8 Å². The van der Waals surface area contributed by atoms with Gasteiger partial charge in [0.2, 0.25) is 11.8 Å². The molecule has 0 aliphatic carbocycles. The van der Waals surface area contributed by atoms with Crippen LogP contribution in [-0.4, -0.2) is 54.3 Å². The van der Waals surface area contributed by atoms with Crippen molar-refractivity contribution < 1.29 is 14.0 Å². The molecule has 0 radical (unpaired) electrons. The summed E-state index contributed by atoms with van der Waals surface area (Å²) in [6.07, 6.45) is 2.12. The summed E-state index contributed by atoms with van der Waals surface area (Å²) in [6.45, 7) is 4.51. The first-order chi connectivity index (χ1) is 13.5. The zero-order valence-corrected chi connectivity index (χ0v) is 16.7. The number of benzene rings is 1. The van der Waals surface area contributed by atoms with Gasteiger partial charge in [-0.05, 0) is 44.0 Å². The zero-order chi connectivity index (χ0) is 19.9. The van der Waals surface area contributed by atoms with Crippen LogP contribution in [0.25, 0.3) is 0 Å². The molecule has 1 N–H and O–H groups in total. The number of hydrogen-bond acceptors (Lipinski definition) is 4. The van der Waals surface area contributed by atoms with Crippen molar-refractivity contribution in [3.63, 3.8) is 0 Å². The van der Waals surface area contributed by atoms with Crippen molar-refractivity contribution in [2.75, 3.05) is 26.7 Å². The van der Waals surface area contributed by atoms with E-state index >= 15 is 0 Å². The number of carbonyl (C=O) groups excluding carboxylic acids is 2. The Balaban J connectivity index is 1.53. The third-order valence-electron chi connectivity index (χ3n) is 5.18. The Labute approximate surface area is 166 Å². The lowest BCUT2D eigenvalue weighted by Gasteiger charge is -2.35. The van der Waals surface area contributed by atoms with E-state index in [0.29, 0.717) is 13.1 Å². The first kappa shape index (κ1) is 20.1. The third kappa shape index (κ3) is 5.45. The van der Waals surface area contributed by atoms with Crippen LogP contribution in [0.3, 0.4) is 0 Å². The van der Waals surface area contributed by atoms with Crippen molar-refractivity contribution in [3.8, 4) is 0 Å². The third-order valence-corrected chi connectivity index (χ3v) is 5.18. The van der Waals surface area contributed by atoms with Crippen molar-refractivity contribution in [2.24, 2.45) is 0 Å². The van der Waals surface area contributed by atoms with Gasteiger partial charge in [0.05, 0.1) is 19.0 Å². The fraction of sp³-hybridized carbons (Fsp3) is 0.455. The van der Waals surface area contributed by atoms with E-state index in [1.807, 2.05) is 37.3 Å². The monoisotopic (exact) mass is 383 g/mol. The quantitative estimate of drug-likeness (QED) is 0.760. The normalized spacial score (nSPS) is 17.4. The summed E-state index contributed by atoms with van der Waals surface area (Å²) < 4.78 is 5.55. The van der Waals surface area contributed by atoms with Gasteiger partial charge in [-0.2, -0.15) is 0 Å². The highest BCUT2D eigenvalue weighted by atomic mass is 16.3. The molecule has 150 valence electrons. The van der Waals surface area contributed by atoms with Gasteiger partial charge in [-0.1, -0.05) is 30.3 Å². The number of aryl methyl sites for hydroxylation is 2. The minimum Gasteiger partial charge on any atom is -0.464 e. The second-order valence-corrected chi connectivity index (χ2v) is 7.40. The zero-order valence-electron chi connectivity index (χ0n) is 16.7. The molecule has 3 rings (SSSR count). The van der Waals surface area contributed by atoms with E-state index < -0.39 is 6.04 Å². The fourth-order valence-corrected chi connectivity index (χ4v) is 3.60. The Bertz CT molecular complexity index is 787. The van der Waals surface area contributed by atoms with Crippen molar-refractivity contribution in [1.29, 1.82) is 0 Å². The second kappa shape index (κ2) is 9.55. The summed E-state index contributed by atoms with van der Waals surface area (Å²) in [7, 11) is 1.75. The molecule has 1 saturated heterocycles. The SMILES string of the molecule is Cc1ccc(CN(C)C(=O)C[C@H]2C(=O)NCCN2CCCc2ccccc2)o1. The topological polar surface area (TPSA) is 65.8 Å². The predicted molar refractivity (Wildman–Crippen MR) is 108 cm³/mol. The largest absolute Gasteiger partial charge is 0.464 e. The maximum absolute atomic E-state index is 12.7. The number of nitrogens with zero attached hydrogens (tertiary/aromatic N) is 2. The molecule has 0 bridgehead atoms. The second-order valence-electron chi connectivity index (χ2n) is 7.40. The van der Waals surface area contributed by atoms with Crippen LogP contribution >= 0.6 is 0 Å². The van der Waals surface area contributed by atoms with Crippen LogP contribution in [0.4, 0.5) is 0 Å². The summed E-state index contributed by atoms with van der Waals surface area (Å²) in [4.78, 5) is 28.9. The lowest BCUT2D eigenvalue weighted by Crippen LogP contribution is -2.56. The number of carbonyl (C=O) groups is 2. The summed E-state index contributed by atoms with van der Waals surface area (Å²) >= 11 is 0. The van der Waals surface area contributed by atoms with Crippen LogP contribution in [-0.2, 0) is 22.6 Å². The van der Waals surface area contributed by atoms with E-state index in [1.54, 1.807) is 11.9 Å². The molecule has 0 saturated carbocycles. The van der Waals surface area contributed by atoms with Gasteiger partial charge < -0.3 is 14.6 Å². The molecule has 2 aromatic rings. The van der Waals surface area contributed by atoms with Crippen molar-refractivity contribution in [2.45, 2.75) is 38.8 Å². The molecule has 6 nitrogen and oxygen atoms in total. The van der Waals surface area contributed by atoms with Gasteiger partial charge in [0, 0.05) is 20.1 Å². The highest BCUT2D eigenvalue weighted by molar-refractivity contribution is 5.88.